The van der Waals surface area contributed by atoms with Gasteiger partial charge in [-0.15, -0.1) is 6.58 Å². The summed E-state index contributed by atoms with van der Waals surface area (Å²) in [5, 5.41) is 2.75. The number of fused-ring (bicyclic) bond motifs is 1. The Bertz CT molecular complexity index is 589. The van der Waals surface area contributed by atoms with Crippen LogP contribution < -0.4 is 5.32 Å². The number of carbonyl (C=O) groups is 2. The number of esters is 1. The molecule has 0 radical (unpaired) electrons. The zero-order chi connectivity index (χ0) is 15.6. The van der Waals surface area contributed by atoms with Crippen molar-refractivity contribution < 1.29 is 14.3 Å². The number of carbonyl (C=O) groups excluding carboxylic acids is 2. The Kier molecular flexibility index (Phi) is 4.45. The van der Waals surface area contributed by atoms with Gasteiger partial charge < -0.3 is 14.6 Å². The van der Waals surface area contributed by atoms with Crippen LogP contribution in [0.15, 0.2) is 12.2 Å². The topological polar surface area (TPSA) is 73.2 Å². The molecule has 1 aliphatic heterocycles. The van der Waals surface area contributed by atoms with Crippen molar-refractivity contribution in [3.05, 3.63) is 23.7 Å². The molecule has 0 aliphatic carbocycles. The maximum absolute atomic E-state index is 12.2. The number of ether oxygens (including phenoxy) is 1. The van der Waals surface area contributed by atoms with Gasteiger partial charge in [-0.3, -0.25) is 4.79 Å². The van der Waals surface area contributed by atoms with Gasteiger partial charge >= 0.3 is 5.97 Å². The van der Waals surface area contributed by atoms with Crippen LogP contribution in [0.2, 0.25) is 0 Å². The summed E-state index contributed by atoms with van der Waals surface area (Å²) < 4.78 is 6.63. The van der Waals surface area contributed by atoms with Crippen LogP contribution in [0.5, 0.6) is 0 Å². The predicted molar refractivity (Wildman–Crippen MR) is 79.1 cm³/mol. The van der Waals surface area contributed by atoms with Crippen molar-refractivity contribution in [3.8, 4) is 0 Å². The fourth-order valence-electron chi connectivity index (χ4n) is 2.57. The Labute approximate surface area is 124 Å². The summed E-state index contributed by atoms with van der Waals surface area (Å²) in [6, 6.07) is 0. The molecule has 114 valence electrons. The van der Waals surface area contributed by atoms with E-state index in [1.165, 1.54) is 7.11 Å². The van der Waals surface area contributed by atoms with E-state index in [2.05, 4.69) is 16.9 Å². The molecule has 21 heavy (non-hydrogen) atoms. The number of aromatic nitrogens is 2. The van der Waals surface area contributed by atoms with E-state index in [-0.39, 0.29) is 11.8 Å². The highest BCUT2D eigenvalue weighted by atomic mass is 16.5. The van der Waals surface area contributed by atoms with Crippen LogP contribution in [0.1, 0.15) is 43.0 Å². The Morgan fingerprint density at radius 1 is 1.52 bits per heavy atom. The van der Waals surface area contributed by atoms with Gasteiger partial charge in [0, 0.05) is 18.9 Å². The molecule has 0 aromatic carbocycles. The van der Waals surface area contributed by atoms with E-state index in [1.807, 2.05) is 18.4 Å². The van der Waals surface area contributed by atoms with E-state index in [1.54, 1.807) is 0 Å². The Morgan fingerprint density at radius 3 is 2.86 bits per heavy atom. The number of imidazole rings is 1. The lowest BCUT2D eigenvalue weighted by Gasteiger charge is -2.12. The molecule has 1 aromatic rings. The molecule has 2 rings (SSSR count). The van der Waals surface area contributed by atoms with Gasteiger partial charge in [0.05, 0.1) is 7.11 Å². The van der Waals surface area contributed by atoms with Crippen molar-refractivity contribution in [1.29, 1.82) is 0 Å². The minimum atomic E-state index is -0.474. The molecule has 0 bridgehead atoms. The molecule has 1 amide bonds. The summed E-state index contributed by atoms with van der Waals surface area (Å²) in [5.74, 6) is 0.260. The van der Waals surface area contributed by atoms with Gasteiger partial charge in [0.2, 0.25) is 5.91 Å². The van der Waals surface area contributed by atoms with Crippen molar-refractivity contribution in [2.75, 3.05) is 12.4 Å². The van der Waals surface area contributed by atoms with E-state index < -0.39 is 5.97 Å². The minimum Gasteiger partial charge on any atom is -0.464 e. The third-order valence-electron chi connectivity index (χ3n) is 3.55. The molecular weight excluding hydrogens is 270 g/mol. The number of amides is 1. The standard InChI is InChI=1S/C15H21N3O3/c1-9(2)8-10(3)14(19)17-13-12(15(20)21-4)18-7-5-6-11(18)16-13/h10H,1,5-8H2,2-4H3,(H,17,19). The molecule has 2 heterocycles. The summed E-state index contributed by atoms with van der Waals surface area (Å²) in [6.07, 6.45) is 2.36. The SMILES string of the molecule is C=C(C)CC(C)C(=O)Nc1nc2n(c1C(=O)OC)CCC2. The molecule has 1 N–H and O–H groups in total. The first-order valence-electron chi connectivity index (χ1n) is 7.07. The Morgan fingerprint density at radius 2 is 2.24 bits per heavy atom. The van der Waals surface area contributed by atoms with Crippen LogP contribution in [0, 0.1) is 5.92 Å². The average Bonchev–Trinajstić information content (AvgIpc) is 2.97. The monoisotopic (exact) mass is 291 g/mol. The van der Waals surface area contributed by atoms with E-state index in [0.29, 0.717) is 17.9 Å². The third-order valence-corrected chi connectivity index (χ3v) is 3.55. The number of hydrogen-bond donors (Lipinski definition) is 1. The van der Waals surface area contributed by atoms with Crippen LogP contribution in [-0.2, 0) is 22.5 Å². The van der Waals surface area contributed by atoms with Gasteiger partial charge in [-0.1, -0.05) is 12.5 Å². The molecule has 6 heteroatoms. The fraction of sp³-hybridized carbons (Fsp3) is 0.533. The van der Waals surface area contributed by atoms with E-state index in [0.717, 1.165) is 30.8 Å². The fourth-order valence-corrected chi connectivity index (χ4v) is 2.57. The van der Waals surface area contributed by atoms with Gasteiger partial charge in [-0.2, -0.15) is 0 Å². The van der Waals surface area contributed by atoms with Gasteiger partial charge in [-0.25, -0.2) is 9.78 Å². The zero-order valence-electron chi connectivity index (χ0n) is 12.7. The molecule has 0 spiro atoms. The first-order valence-corrected chi connectivity index (χ1v) is 7.07. The summed E-state index contributed by atoms with van der Waals surface area (Å²) >= 11 is 0. The second kappa shape index (κ2) is 6.11. The van der Waals surface area contributed by atoms with Crippen molar-refractivity contribution in [3.63, 3.8) is 0 Å². The Hall–Kier alpha value is -2.11. The van der Waals surface area contributed by atoms with Crippen LogP contribution >= 0.6 is 0 Å². The highest BCUT2D eigenvalue weighted by Crippen LogP contribution is 2.25. The van der Waals surface area contributed by atoms with Crippen LogP contribution in [-0.4, -0.2) is 28.5 Å². The van der Waals surface area contributed by atoms with Crippen molar-refractivity contribution >= 4 is 17.7 Å². The first-order chi connectivity index (χ1) is 9.93. The summed E-state index contributed by atoms with van der Waals surface area (Å²) in [7, 11) is 1.33. The minimum absolute atomic E-state index is 0.167. The van der Waals surface area contributed by atoms with Gasteiger partial charge in [0.15, 0.2) is 11.5 Å². The normalized spacial score (nSPS) is 14.4. The molecule has 1 aliphatic rings. The summed E-state index contributed by atoms with van der Waals surface area (Å²) in [6.45, 7) is 8.25. The quantitative estimate of drug-likeness (QED) is 0.666. The number of aryl methyl sites for hydroxylation is 1. The van der Waals surface area contributed by atoms with Gasteiger partial charge in [0.1, 0.15) is 5.82 Å². The van der Waals surface area contributed by atoms with E-state index in [4.69, 9.17) is 4.74 Å². The number of rotatable bonds is 5. The van der Waals surface area contributed by atoms with Crippen LogP contribution in [0.4, 0.5) is 5.82 Å². The number of allylic oxidation sites excluding steroid dienone is 1. The predicted octanol–water partition coefficient (Wildman–Crippen LogP) is 2.16. The molecular formula is C15H21N3O3. The smallest absolute Gasteiger partial charge is 0.358 e. The second-order valence-electron chi connectivity index (χ2n) is 5.52. The number of nitrogens with one attached hydrogen (secondary N) is 1. The lowest BCUT2D eigenvalue weighted by molar-refractivity contribution is -0.119. The third kappa shape index (κ3) is 3.15. The van der Waals surface area contributed by atoms with Crippen molar-refractivity contribution in [2.45, 2.75) is 39.7 Å². The molecule has 0 fully saturated rings. The molecule has 0 saturated carbocycles. The van der Waals surface area contributed by atoms with Crippen molar-refractivity contribution in [1.82, 2.24) is 9.55 Å². The lowest BCUT2D eigenvalue weighted by Crippen LogP contribution is -2.23. The zero-order valence-corrected chi connectivity index (χ0v) is 12.7. The first kappa shape index (κ1) is 15.3. The lowest BCUT2D eigenvalue weighted by atomic mass is 10.0. The molecule has 1 unspecified atom stereocenters. The molecule has 6 nitrogen and oxygen atoms in total. The number of anilines is 1. The summed E-state index contributed by atoms with van der Waals surface area (Å²) in [5.41, 5.74) is 1.28. The number of hydrogen-bond acceptors (Lipinski definition) is 4. The van der Waals surface area contributed by atoms with Gasteiger partial charge in [0.25, 0.3) is 0 Å². The Balaban J connectivity index is 2.22. The molecule has 1 atom stereocenters. The van der Waals surface area contributed by atoms with E-state index in [9.17, 15) is 9.59 Å². The van der Waals surface area contributed by atoms with Gasteiger partial charge in [-0.05, 0) is 19.8 Å². The van der Waals surface area contributed by atoms with Crippen LogP contribution in [0.3, 0.4) is 0 Å². The summed E-state index contributed by atoms with van der Waals surface area (Å²) in [4.78, 5) is 28.5. The highest BCUT2D eigenvalue weighted by molar-refractivity contribution is 5.99. The van der Waals surface area contributed by atoms with Crippen molar-refractivity contribution in [2.24, 2.45) is 5.92 Å². The number of methoxy groups -OCH3 is 1. The molecule has 0 saturated heterocycles. The largest absolute Gasteiger partial charge is 0.464 e. The maximum atomic E-state index is 12.2. The van der Waals surface area contributed by atoms with Crippen LogP contribution in [0.25, 0.3) is 0 Å². The number of nitrogens with zero attached hydrogens (tertiary/aromatic N) is 2. The average molecular weight is 291 g/mol. The highest BCUT2D eigenvalue weighted by Gasteiger charge is 2.28. The second-order valence-corrected chi connectivity index (χ2v) is 5.52. The van der Waals surface area contributed by atoms with E-state index >= 15 is 0 Å². The molecule has 1 aromatic heterocycles. The maximum Gasteiger partial charge on any atom is 0.358 e.